The van der Waals surface area contributed by atoms with E-state index in [2.05, 4.69) is 5.32 Å². The predicted molar refractivity (Wildman–Crippen MR) is 109 cm³/mol. The second kappa shape index (κ2) is 8.40. The van der Waals surface area contributed by atoms with Crippen LogP contribution < -0.4 is 5.32 Å². The van der Waals surface area contributed by atoms with Gasteiger partial charge < -0.3 is 9.88 Å². The second-order valence-electron chi connectivity index (χ2n) is 6.62. The highest BCUT2D eigenvalue weighted by molar-refractivity contribution is 6.30. The summed E-state index contributed by atoms with van der Waals surface area (Å²) in [7, 11) is 1.88. The van der Waals surface area contributed by atoms with Crippen LogP contribution in [0.25, 0.3) is 0 Å². The van der Waals surface area contributed by atoms with Crippen molar-refractivity contribution in [2.75, 3.05) is 12.0 Å². The molecule has 3 rings (SSSR count). The first kappa shape index (κ1) is 19.8. The highest BCUT2D eigenvalue weighted by Crippen LogP contribution is 2.22. The Hall–Kier alpha value is -2.92. The lowest BCUT2D eigenvalue weighted by molar-refractivity contribution is -0.117. The summed E-state index contributed by atoms with van der Waals surface area (Å²) in [6.07, 6.45) is 0.628. The molecule has 0 atom stereocenters. The summed E-state index contributed by atoms with van der Waals surface area (Å²) in [5.74, 6) is -0.719. The third-order valence-electron chi connectivity index (χ3n) is 4.59. The van der Waals surface area contributed by atoms with Crippen LogP contribution in [0, 0.1) is 6.92 Å². The summed E-state index contributed by atoms with van der Waals surface area (Å²) in [5, 5.41) is 3.06. The number of alkyl halides is 1. The first-order valence-corrected chi connectivity index (χ1v) is 9.17. The highest BCUT2D eigenvalue weighted by atomic mass is 35.5. The van der Waals surface area contributed by atoms with Crippen LogP contribution in [-0.2, 0) is 18.3 Å². The SMILES string of the molecule is Cc1cc(Cc2ccc(NC(=O)CF)cc2)n(C)c1C(=O)c1ccc(Cl)cc1. The Balaban J connectivity index is 1.81. The van der Waals surface area contributed by atoms with Crippen LogP contribution in [-0.4, -0.2) is 22.9 Å². The van der Waals surface area contributed by atoms with E-state index in [0.717, 1.165) is 16.8 Å². The first-order valence-electron chi connectivity index (χ1n) is 8.79. The van der Waals surface area contributed by atoms with Crippen LogP contribution in [0.5, 0.6) is 0 Å². The lowest BCUT2D eigenvalue weighted by Gasteiger charge is -2.09. The first-order chi connectivity index (χ1) is 13.4. The second-order valence-corrected chi connectivity index (χ2v) is 7.05. The molecule has 2 aromatic carbocycles. The number of carbonyl (C=O) groups is 2. The molecule has 1 heterocycles. The number of hydrogen-bond donors (Lipinski definition) is 1. The maximum Gasteiger partial charge on any atom is 0.255 e. The van der Waals surface area contributed by atoms with Crippen LogP contribution in [0.15, 0.2) is 54.6 Å². The van der Waals surface area contributed by atoms with Crippen molar-refractivity contribution < 1.29 is 14.0 Å². The molecular formula is C22H20ClFN2O2. The number of hydrogen-bond acceptors (Lipinski definition) is 2. The largest absolute Gasteiger partial charge is 0.344 e. The van der Waals surface area contributed by atoms with E-state index in [1.807, 2.05) is 36.7 Å². The number of ketones is 1. The summed E-state index contributed by atoms with van der Waals surface area (Å²) >= 11 is 5.91. The fourth-order valence-corrected chi connectivity index (χ4v) is 3.30. The molecule has 1 aromatic heterocycles. The molecule has 0 aliphatic carbocycles. The molecule has 0 radical (unpaired) electrons. The van der Waals surface area contributed by atoms with E-state index >= 15 is 0 Å². The Morgan fingerprint density at radius 2 is 1.71 bits per heavy atom. The van der Waals surface area contributed by atoms with Gasteiger partial charge in [0.25, 0.3) is 5.91 Å². The van der Waals surface area contributed by atoms with Gasteiger partial charge in [0.15, 0.2) is 6.67 Å². The fraction of sp³-hybridized carbons (Fsp3) is 0.182. The van der Waals surface area contributed by atoms with Crippen molar-refractivity contribution in [2.45, 2.75) is 13.3 Å². The van der Waals surface area contributed by atoms with E-state index < -0.39 is 12.6 Å². The Bertz CT molecular complexity index is 1010. The van der Waals surface area contributed by atoms with Gasteiger partial charge in [-0.1, -0.05) is 23.7 Å². The zero-order chi connectivity index (χ0) is 20.3. The van der Waals surface area contributed by atoms with Gasteiger partial charge in [-0.3, -0.25) is 9.59 Å². The van der Waals surface area contributed by atoms with Gasteiger partial charge in [0.1, 0.15) is 0 Å². The maximum absolute atomic E-state index is 12.9. The van der Waals surface area contributed by atoms with Gasteiger partial charge >= 0.3 is 0 Å². The summed E-state index contributed by atoms with van der Waals surface area (Å²) in [5.41, 5.74) is 4.70. The lowest BCUT2D eigenvalue weighted by atomic mass is 10.1. The summed E-state index contributed by atoms with van der Waals surface area (Å²) in [6.45, 7) is 0.872. The number of nitrogens with zero attached hydrogens (tertiary/aromatic N) is 1. The molecule has 6 heteroatoms. The van der Waals surface area contributed by atoms with Crippen LogP contribution in [0.1, 0.15) is 32.9 Å². The van der Waals surface area contributed by atoms with Gasteiger partial charge in [0, 0.05) is 35.4 Å². The maximum atomic E-state index is 12.9. The molecule has 28 heavy (non-hydrogen) atoms. The summed E-state index contributed by atoms with van der Waals surface area (Å²) in [6, 6.07) is 16.1. The molecule has 144 valence electrons. The van der Waals surface area contributed by atoms with E-state index in [1.54, 1.807) is 36.4 Å². The Morgan fingerprint density at radius 1 is 1.07 bits per heavy atom. The van der Waals surface area contributed by atoms with E-state index in [9.17, 15) is 14.0 Å². The van der Waals surface area contributed by atoms with E-state index in [1.165, 1.54) is 0 Å². The summed E-state index contributed by atoms with van der Waals surface area (Å²) in [4.78, 5) is 24.0. The van der Waals surface area contributed by atoms with Crippen molar-refractivity contribution in [1.29, 1.82) is 0 Å². The van der Waals surface area contributed by atoms with Gasteiger partial charge in [-0.2, -0.15) is 0 Å². The highest BCUT2D eigenvalue weighted by Gasteiger charge is 2.18. The van der Waals surface area contributed by atoms with Crippen LogP contribution in [0.3, 0.4) is 0 Å². The number of carbonyl (C=O) groups excluding carboxylic acids is 2. The van der Waals surface area contributed by atoms with E-state index in [4.69, 9.17) is 11.6 Å². The molecule has 0 fully saturated rings. The zero-order valence-electron chi connectivity index (χ0n) is 15.6. The molecule has 1 amide bonds. The average Bonchev–Trinajstić information content (AvgIpc) is 2.96. The molecule has 1 N–H and O–H groups in total. The van der Waals surface area contributed by atoms with Crippen molar-refractivity contribution in [1.82, 2.24) is 4.57 Å². The minimum atomic E-state index is -1.05. The molecular weight excluding hydrogens is 379 g/mol. The number of amides is 1. The molecule has 3 aromatic rings. The van der Waals surface area contributed by atoms with Crippen molar-refractivity contribution in [2.24, 2.45) is 7.05 Å². The van der Waals surface area contributed by atoms with Gasteiger partial charge in [0.2, 0.25) is 5.78 Å². The number of rotatable bonds is 6. The minimum absolute atomic E-state index is 0.0489. The average molecular weight is 399 g/mol. The van der Waals surface area contributed by atoms with Crippen LogP contribution in [0.2, 0.25) is 5.02 Å². The Labute approximate surface area is 167 Å². The van der Waals surface area contributed by atoms with Gasteiger partial charge in [-0.25, -0.2) is 4.39 Å². The lowest BCUT2D eigenvalue weighted by Crippen LogP contribution is -2.13. The number of nitrogens with one attached hydrogen (secondary N) is 1. The monoisotopic (exact) mass is 398 g/mol. The molecule has 0 saturated carbocycles. The van der Waals surface area contributed by atoms with Crippen LogP contribution in [0.4, 0.5) is 10.1 Å². The topological polar surface area (TPSA) is 51.1 Å². The van der Waals surface area contributed by atoms with Crippen molar-refractivity contribution in [3.8, 4) is 0 Å². The Morgan fingerprint density at radius 3 is 2.32 bits per heavy atom. The quantitative estimate of drug-likeness (QED) is 0.611. The summed E-state index contributed by atoms with van der Waals surface area (Å²) < 4.78 is 14.2. The standard InChI is InChI=1S/C22H20ClFN2O2/c1-14-11-19(12-15-3-9-18(10-4-15)25-20(27)13-24)26(2)21(14)22(28)16-5-7-17(23)8-6-16/h3-11H,12-13H2,1-2H3,(H,25,27). The smallest absolute Gasteiger partial charge is 0.255 e. The number of aryl methyl sites for hydroxylation is 1. The van der Waals surface area contributed by atoms with Gasteiger partial charge in [-0.05, 0) is 60.5 Å². The zero-order valence-corrected chi connectivity index (χ0v) is 16.4. The fourth-order valence-electron chi connectivity index (χ4n) is 3.17. The normalized spacial score (nSPS) is 10.7. The van der Waals surface area contributed by atoms with Gasteiger partial charge in [-0.15, -0.1) is 0 Å². The minimum Gasteiger partial charge on any atom is -0.344 e. The van der Waals surface area contributed by atoms with Crippen LogP contribution >= 0.6 is 11.6 Å². The predicted octanol–water partition coefficient (Wildman–Crippen LogP) is 4.72. The third kappa shape index (κ3) is 4.31. The number of aromatic nitrogens is 1. The Kier molecular flexibility index (Phi) is 5.95. The molecule has 0 bridgehead atoms. The molecule has 0 aliphatic heterocycles. The third-order valence-corrected chi connectivity index (χ3v) is 4.84. The van der Waals surface area contributed by atoms with Crippen molar-refractivity contribution in [3.05, 3.63) is 87.7 Å². The molecule has 0 unspecified atom stereocenters. The van der Waals surface area contributed by atoms with Crippen molar-refractivity contribution >= 4 is 29.0 Å². The van der Waals surface area contributed by atoms with Crippen molar-refractivity contribution in [3.63, 3.8) is 0 Å². The number of benzene rings is 2. The molecule has 0 aliphatic rings. The van der Waals surface area contributed by atoms with Gasteiger partial charge in [0.05, 0.1) is 5.69 Å². The molecule has 0 spiro atoms. The molecule has 4 nitrogen and oxygen atoms in total. The van der Waals surface area contributed by atoms with E-state index in [0.29, 0.717) is 28.4 Å². The van der Waals surface area contributed by atoms with E-state index in [-0.39, 0.29) is 5.78 Å². The number of anilines is 1. The number of halogens is 2. The molecule has 0 saturated heterocycles.